The van der Waals surface area contributed by atoms with Crippen LogP contribution in [0.4, 0.5) is 5.69 Å². The van der Waals surface area contributed by atoms with Crippen molar-refractivity contribution in [3.05, 3.63) is 30.3 Å². The molecular weight excluding hydrogens is 352 g/mol. The highest BCUT2D eigenvalue weighted by Crippen LogP contribution is 2.16. The summed E-state index contributed by atoms with van der Waals surface area (Å²) in [5.74, 6) is 0.892. The van der Waals surface area contributed by atoms with E-state index in [1.165, 1.54) is 5.69 Å². The Labute approximate surface area is 169 Å². The summed E-state index contributed by atoms with van der Waals surface area (Å²) in [6.45, 7) is 13.3. The molecule has 2 heterocycles. The molecule has 3 rings (SSSR count). The molecule has 0 amide bonds. The van der Waals surface area contributed by atoms with Crippen molar-refractivity contribution in [2.24, 2.45) is 4.99 Å². The van der Waals surface area contributed by atoms with Crippen molar-refractivity contribution in [3.63, 3.8) is 0 Å². The highest BCUT2D eigenvalue weighted by Gasteiger charge is 2.21. The monoisotopic (exact) mass is 388 g/mol. The van der Waals surface area contributed by atoms with Gasteiger partial charge in [0.1, 0.15) is 0 Å². The van der Waals surface area contributed by atoms with Crippen LogP contribution in [0.15, 0.2) is 35.3 Å². The molecule has 1 atom stereocenters. The van der Waals surface area contributed by atoms with Gasteiger partial charge in [-0.3, -0.25) is 14.8 Å². The third-order valence-corrected chi connectivity index (χ3v) is 5.67. The second-order valence-corrected chi connectivity index (χ2v) is 7.54. The Morgan fingerprint density at radius 2 is 1.75 bits per heavy atom. The number of guanidine groups is 1. The molecule has 7 heteroatoms. The fourth-order valence-electron chi connectivity index (χ4n) is 3.81. The average molecular weight is 389 g/mol. The molecule has 0 radical (unpaired) electrons. The number of anilines is 1. The first kappa shape index (κ1) is 20.9. The number of rotatable bonds is 7. The number of nitrogens with zero attached hydrogens (tertiary/aromatic N) is 4. The minimum absolute atomic E-state index is 0.482. The molecule has 156 valence electrons. The van der Waals surface area contributed by atoms with Crippen LogP contribution in [0.1, 0.15) is 6.92 Å². The number of hydrogen-bond acceptors (Lipinski definition) is 5. The van der Waals surface area contributed by atoms with Gasteiger partial charge in [-0.25, -0.2) is 0 Å². The van der Waals surface area contributed by atoms with Gasteiger partial charge in [-0.15, -0.1) is 0 Å². The highest BCUT2D eigenvalue weighted by atomic mass is 16.5. The van der Waals surface area contributed by atoms with Gasteiger partial charge >= 0.3 is 0 Å². The second-order valence-electron chi connectivity index (χ2n) is 7.54. The van der Waals surface area contributed by atoms with Crippen LogP contribution in [-0.4, -0.2) is 101 Å². The van der Waals surface area contributed by atoms with Crippen LogP contribution in [0.25, 0.3) is 0 Å². The van der Waals surface area contributed by atoms with Gasteiger partial charge in [0.2, 0.25) is 0 Å². The first-order chi connectivity index (χ1) is 13.8. The molecule has 1 aromatic rings. The van der Waals surface area contributed by atoms with Crippen molar-refractivity contribution in [3.8, 4) is 0 Å². The quantitative estimate of drug-likeness (QED) is 0.530. The maximum Gasteiger partial charge on any atom is 0.191 e. The van der Waals surface area contributed by atoms with Crippen LogP contribution in [0.2, 0.25) is 0 Å². The Balaban J connectivity index is 1.33. The molecule has 7 nitrogen and oxygen atoms in total. The fourth-order valence-corrected chi connectivity index (χ4v) is 3.81. The van der Waals surface area contributed by atoms with Crippen LogP contribution < -0.4 is 15.5 Å². The maximum absolute atomic E-state index is 5.40. The highest BCUT2D eigenvalue weighted by molar-refractivity contribution is 5.79. The first-order valence-electron chi connectivity index (χ1n) is 10.5. The number of aliphatic imine (C=N–C) groups is 1. The molecule has 2 fully saturated rings. The van der Waals surface area contributed by atoms with E-state index in [-0.39, 0.29) is 0 Å². The lowest BCUT2D eigenvalue weighted by atomic mass is 10.2. The molecule has 0 spiro atoms. The summed E-state index contributed by atoms with van der Waals surface area (Å²) in [6, 6.07) is 11.2. The molecule has 2 N–H and O–H groups in total. The van der Waals surface area contributed by atoms with Gasteiger partial charge in [0.25, 0.3) is 0 Å². The average Bonchev–Trinajstić information content (AvgIpc) is 2.77. The maximum atomic E-state index is 5.40. The summed E-state index contributed by atoms with van der Waals surface area (Å²) in [7, 11) is 1.84. The summed E-state index contributed by atoms with van der Waals surface area (Å²) in [4.78, 5) is 11.8. The van der Waals surface area contributed by atoms with Crippen LogP contribution in [-0.2, 0) is 4.74 Å². The van der Waals surface area contributed by atoms with Gasteiger partial charge in [-0.1, -0.05) is 18.2 Å². The molecule has 0 bridgehead atoms. The Bertz CT molecular complexity index is 582. The Hall–Kier alpha value is -1.83. The van der Waals surface area contributed by atoms with Gasteiger partial charge in [0, 0.05) is 77.7 Å². The van der Waals surface area contributed by atoms with Crippen LogP contribution in [0, 0.1) is 0 Å². The Kier molecular flexibility index (Phi) is 8.39. The Morgan fingerprint density at radius 3 is 2.43 bits per heavy atom. The van der Waals surface area contributed by atoms with E-state index >= 15 is 0 Å². The lowest BCUT2D eigenvalue weighted by Crippen LogP contribution is -2.53. The van der Waals surface area contributed by atoms with Crippen LogP contribution in [0.3, 0.4) is 0 Å². The van der Waals surface area contributed by atoms with E-state index in [0.717, 1.165) is 78.1 Å². The third-order valence-electron chi connectivity index (χ3n) is 5.67. The zero-order valence-corrected chi connectivity index (χ0v) is 17.4. The van der Waals surface area contributed by atoms with Crippen molar-refractivity contribution in [2.75, 3.05) is 84.1 Å². The third kappa shape index (κ3) is 6.36. The number of ether oxygens (including phenoxy) is 1. The van der Waals surface area contributed by atoms with E-state index in [2.05, 4.69) is 67.6 Å². The van der Waals surface area contributed by atoms with Crippen LogP contribution in [0.5, 0.6) is 0 Å². The summed E-state index contributed by atoms with van der Waals surface area (Å²) in [6.07, 6.45) is 0. The van der Waals surface area contributed by atoms with E-state index in [1.54, 1.807) is 0 Å². The van der Waals surface area contributed by atoms with E-state index in [4.69, 9.17) is 4.74 Å². The number of nitrogens with one attached hydrogen (secondary N) is 2. The molecule has 2 aliphatic rings. The minimum Gasteiger partial charge on any atom is -0.379 e. The van der Waals surface area contributed by atoms with Gasteiger partial charge in [0.05, 0.1) is 13.2 Å². The molecule has 0 aliphatic carbocycles. The van der Waals surface area contributed by atoms with Gasteiger partial charge in [-0.2, -0.15) is 0 Å². The summed E-state index contributed by atoms with van der Waals surface area (Å²) in [5, 5.41) is 6.92. The largest absolute Gasteiger partial charge is 0.379 e. The zero-order chi connectivity index (χ0) is 19.6. The van der Waals surface area contributed by atoms with E-state index in [9.17, 15) is 0 Å². The van der Waals surface area contributed by atoms with Crippen molar-refractivity contribution in [1.29, 1.82) is 0 Å². The molecular formula is C21H36N6O. The van der Waals surface area contributed by atoms with E-state index < -0.39 is 0 Å². The summed E-state index contributed by atoms with van der Waals surface area (Å²) >= 11 is 0. The predicted molar refractivity (Wildman–Crippen MR) is 116 cm³/mol. The van der Waals surface area contributed by atoms with Crippen molar-refractivity contribution >= 4 is 11.6 Å². The number of para-hydroxylation sites is 1. The first-order valence-corrected chi connectivity index (χ1v) is 10.5. The van der Waals surface area contributed by atoms with Gasteiger partial charge < -0.3 is 20.3 Å². The number of piperazine rings is 1. The normalized spacial score (nSPS) is 20.8. The van der Waals surface area contributed by atoms with Crippen molar-refractivity contribution in [2.45, 2.75) is 13.0 Å². The van der Waals surface area contributed by atoms with Crippen molar-refractivity contribution in [1.82, 2.24) is 20.4 Å². The predicted octanol–water partition coefficient (Wildman–Crippen LogP) is 0.694. The zero-order valence-electron chi connectivity index (χ0n) is 17.4. The SMILES string of the molecule is CN=C(NCCN1CCOCC1)NCC(C)N1CCN(c2ccccc2)CC1. The molecule has 28 heavy (non-hydrogen) atoms. The topological polar surface area (TPSA) is 55.4 Å². The second kappa shape index (κ2) is 11.2. The van der Waals surface area contributed by atoms with Gasteiger partial charge in [-0.05, 0) is 19.1 Å². The lowest BCUT2D eigenvalue weighted by Gasteiger charge is -2.39. The Morgan fingerprint density at radius 1 is 1.04 bits per heavy atom. The van der Waals surface area contributed by atoms with Crippen molar-refractivity contribution < 1.29 is 4.74 Å². The minimum atomic E-state index is 0.482. The number of morpholine rings is 1. The molecule has 2 saturated heterocycles. The lowest BCUT2D eigenvalue weighted by molar-refractivity contribution is 0.0389. The number of benzene rings is 1. The molecule has 0 saturated carbocycles. The standard InChI is InChI=1S/C21H36N6O/c1-19(26-10-12-27(13-11-26)20-6-4-3-5-7-20)18-24-21(22-2)23-8-9-25-14-16-28-17-15-25/h3-7,19H,8-18H2,1-2H3,(H2,22,23,24). The summed E-state index contributed by atoms with van der Waals surface area (Å²) in [5.41, 5.74) is 1.33. The fraction of sp³-hybridized carbons (Fsp3) is 0.667. The van der Waals surface area contributed by atoms with Gasteiger partial charge in [0.15, 0.2) is 5.96 Å². The smallest absolute Gasteiger partial charge is 0.191 e. The molecule has 0 aromatic heterocycles. The molecule has 1 unspecified atom stereocenters. The molecule has 1 aromatic carbocycles. The van der Waals surface area contributed by atoms with E-state index in [0.29, 0.717) is 6.04 Å². The van der Waals surface area contributed by atoms with E-state index in [1.807, 2.05) is 7.05 Å². The van der Waals surface area contributed by atoms with Crippen LogP contribution >= 0.6 is 0 Å². The molecule has 2 aliphatic heterocycles. The number of hydrogen-bond donors (Lipinski definition) is 2. The summed E-state index contributed by atoms with van der Waals surface area (Å²) < 4.78 is 5.40.